The van der Waals surface area contributed by atoms with E-state index in [0.717, 1.165) is 11.3 Å². The number of phenols is 1. The van der Waals surface area contributed by atoms with Crippen molar-refractivity contribution in [1.29, 1.82) is 0 Å². The minimum atomic E-state index is -1.12. The number of carbonyl (C=O) groups is 3. The topological polar surface area (TPSA) is 165 Å². The standard InChI is InChI=1S/C27H35N3O6.C2H7N/c1-27(2,3)11-29-10-14-8-16(30(4)5)15-7-12-6-13-9-17(31)21(26(28)36)25(35)19(13)23(33)18(12)24(34)20(15)22(14)32;1-3-2/h8,12-13,19,29,32,34-35H,6-7,9-11H2,1-5H3,(H2,28,36);3H,1-2H3. The first kappa shape index (κ1) is 30.2. The molecule has 0 aliphatic heterocycles. The molecule has 1 aromatic carbocycles. The van der Waals surface area contributed by atoms with Crippen molar-refractivity contribution in [1.82, 2.24) is 10.6 Å². The van der Waals surface area contributed by atoms with Crippen LogP contribution in [0.1, 0.15) is 50.3 Å². The van der Waals surface area contributed by atoms with Crippen molar-refractivity contribution in [3.8, 4) is 5.75 Å². The molecule has 0 spiro atoms. The molecule has 1 saturated carbocycles. The van der Waals surface area contributed by atoms with Crippen LogP contribution in [0.4, 0.5) is 5.69 Å². The smallest absolute Gasteiger partial charge is 0.255 e. The van der Waals surface area contributed by atoms with E-state index in [4.69, 9.17) is 5.73 Å². The number of hydrogen-bond acceptors (Lipinski definition) is 9. The third kappa shape index (κ3) is 5.81. The lowest BCUT2D eigenvalue weighted by molar-refractivity contribution is -0.127. The lowest BCUT2D eigenvalue weighted by Crippen LogP contribution is -2.44. The summed E-state index contributed by atoms with van der Waals surface area (Å²) in [6, 6.07) is 1.90. The number of phenolic OH excluding ortho intramolecular Hbond substituents is 1. The predicted octanol–water partition coefficient (Wildman–Crippen LogP) is 2.35. The Morgan fingerprint density at radius 3 is 2.28 bits per heavy atom. The van der Waals surface area contributed by atoms with Gasteiger partial charge in [0.1, 0.15) is 22.8 Å². The number of carbonyl (C=O) groups excluding carboxylic acids is 3. The zero-order chi connectivity index (χ0) is 29.4. The summed E-state index contributed by atoms with van der Waals surface area (Å²) in [6.45, 7) is 7.38. The molecule has 1 fully saturated rings. The molecule has 3 aliphatic carbocycles. The van der Waals surface area contributed by atoms with E-state index in [1.165, 1.54) is 0 Å². The van der Waals surface area contributed by atoms with Crippen molar-refractivity contribution in [3.63, 3.8) is 0 Å². The monoisotopic (exact) mass is 542 g/mol. The number of nitrogens with zero attached hydrogens (tertiary/aromatic N) is 1. The lowest BCUT2D eigenvalue weighted by atomic mass is 9.61. The Morgan fingerprint density at radius 2 is 1.74 bits per heavy atom. The molecule has 0 bridgehead atoms. The third-order valence-corrected chi connectivity index (χ3v) is 7.40. The minimum absolute atomic E-state index is 0.0390. The first-order valence-corrected chi connectivity index (χ1v) is 13.2. The van der Waals surface area contributed by atoms with Crippen molar-refractivity contribution < 1.29 is 29.7 Å². The molecular formula is C29H42N4O6. The van der Waals surface area contributed by atoms with Gasteiger partial charge in [0.25, 0.3) is 5.91 Å². The summed E-state index contributed by atoms with van der Waals surface area (Å²) in [6.07, 6.45) is 0.696. The van der Waals surface area contributed by atoms with Gasteiger partial charge in [0.05, 0.1) is 11.5 Å². The summed E-state index contributed by atoms with van der Waals surface area (Å²) in [5.74, 6) is -5.19. The van der Waals surface area contributed by atoms with Crippen molar-refractivity contribution in [2.75, 3.05) is 39.6 Å². The lowest BCUT2D eigenvalue weighted by Gasteiger charge is -2.41. The van der Waals surface area contributed by atoms with Gasteiger partial charge in [-0.15, -0.1) is 0 Å². The average Bonchev–Trinajstić information content (AvgIpc) is 2.79. The number of nitrogens with two attached hydrogens (primary N) is 1. The molecule has 1 aromatic rings. The van der Waals surface area contributed by atoms with Crippen molar-refractivity contribution >= 4 is 28.9 Å². The van der Waals surface area contributed by atoms with Crippen LogP contribution in [0, 0.1) is 23.2 Å². The number of nitrogens with one attached hydrogen (secondary N) is 2. The molecule has 10 heteroatoms. The van der Waals surface area contributed by atoms with Gasteiger partial charge in [-0.2, -0.15) is 0 Å². The fraction of sp³-hybridized carbons (Fsp3) is 0.552. The van der Waals surface area contributed by atoms with Gasteiger partial charge in [0.15, 0.2) is 11.6 Å². The van der Waals surface area contributed by atoms with E-state index in [9.17, 15) is 29.7 Å². The molecule has 0 saturated heterocycles. The van der Waals surface area contributed by atoms with Crippen LogP contribution in [0.2, 0.25) is 0 Å². The Labute approximate surface area is 230 Å². The number of aromatic hydroxyl groups is 1. The van der Waals surface area contributed by atoms with Crippen LogP contribution in [-0.2, 0) is 27.3 Å². The number of allylic oxidation sites excluding steroid dienone is 2. The van der Waals surface area contributed by atoms with Crippen LogP contribution in [0.25, 0.3) is 5.76 Å². The van der Waals surface area contributed by atoms with Crippen LogP contribution in [-0.4, -0.2) is 67.5 Å². The van der Waals surface area contributed by atoms with E-state index >= 15 is 0 Å². The molecule has 214 valence electrons. The number of aliphatic hydroxyl groups excluding tert-OH is 2. The number of aliphatic hydroxyl groups is 2. The van der Waals surface area contributed by atoms with E-state index in [0.29, 0.717) is 31.5 Å². The molecule has 10 nitrogen and oxygen atoms in total. The fourth-order valence-corrected chi connectivity index (χ4v) is 5.85. The number of amides is 1. The van der Waals surface area contributed by atoms with E-state index in [-0.39, 0.29) is 40.4 Å². The Hall–Kier alpha value is -3.37. The normalized spacial score (nSPS) is 22.5. The Balaban J connectivity index is 0.00000134. The van der Waals surface area contributed by atoms with Gasteiger partial charge in [0.2, 0.25) is 0 Å². The Kier molecular flexibility index (Phi) is 8.82. The highest BCUT2D eigenvalue weighted by atomic mass is 16.3. The van der Waals surface area contributed by atoms with Crippen LogP contribution in [0.3, 0.4) is 0 Å². The second-order valence-electron chi connectivity index (χ2n) is 12.1. The summed E-state index contributed by atoms with van der Waals surface area (Å²) < 4.78 is 0. The van der Waals surface area contributed by atoms with E-state index < -0.39 is 40.6 Å². The van der Waals surface area contributed by atoms with Crippen molar-refractivity contribution in [3.05, 3.63) is 39.7 Å². The first-order valence-electron chi connectivity index (χ1n) is 13.2. The van der Waals surface area contributed by atoms with E-state index in [2.05, 4.69) is 31.4 Å². The number of fused-ring (bicyclic) bond motifs is 3. The number of primary amides is 1. The van der Waals surface area contributed by atoms with Crippen molar-refractivity contribution in [2.45, 2.75) is 46.6 Å². The molecule has 0 aromatic heterocycles. The summed E-state index contributed by atoms with van der Waals surface area (Å²) in [4.78, 5) is 39.8. The van der Waals surface area contributed by atoms with Gasteiger partial charge >= 0.3 is 0 Å². The van der Waals surface area contributed by atoms with Crippen molar-refractivity contribution in [2.24, 2.45) is 28.9 Å². The SMILES string of the molecule is CN(C)c1cc(CNCC(C)(C)C)c(O)c2c1CC1CC3CC(=O)C(C(N)=O)=C(O)C3C(=O)C1=C2O.CNC. The highest BCUT2D eigenvalue weighted by Crippen LogP contribution is 2.52. The van der Waals surface area contributed by atoms with Crippen LogP contribution in [0.15, 0.2) is 23.0 Å². The zero-order valence-corrected chi connectivity index (χ0v) is 23.9. The van der Waals surface area contributed by atoms with E-state index in [1.54, 1.807) is 0 Å². The average molecular weight is 543 g/mol. The van der Waals surface area contributed by atoms with Gasteiger partial charge in [-0.25, -0.2) is 0 Å². The minimum Gasteiger partial charge on any atom is -0.511 e. The second kappa shape index (κ2) is 11.4. The van der Waals surface area contributed by atoms with Gasteiger partial charge in [0, 0.05) is 50.4 Å². The van der Waals surface area contributed by atoms with Gasteiger partial charge in [-0.3, -0.25) is 14.4 Å². The first-order chi connectivity index (χ1) is 18.1. The molecule has 0 heterocycles. The highest BCUT2D eigenvalue weighted by molar-refractivity contribution is 6.21. The number of ketones is 2. The maximum atomic E-state index is 13.6. The number of rotatable bonds is 5. The maximum absolute atomic E-state index is 13.6. The van der Waals surface area contributed by atoms with E-state index in [1.807, 2.05) is 39.2 Å². The quantitative estimate of drug-likeness (QED) is 0.306. The fourth-order valence-electron chi connectivity index (χ4n) is 5.85. The molecule has 4 rings (SSSR count). The maximum Gasteiger partial charge on any atom is 0.255 e. The summed E-state index contributed by atoms with van der Waals surface area (Å²) in [7, 11) is 7.51. The summed E-state index contributed by atoms with van der Waals surface area (Å²) in [5.41, 5.74) is 7.28. The molecular weight excluding hydrogens is 500 g/mol. The molecule has 3 aliphatic rings. The summed E-state index contributed by atoms with van der Waals surface area (Å²) in [5, 5.41) is 39.4. The summed E-state index contributed by atoms with van der Waals surface area (Å²) >= 11 is 0. The Morgan fingerprint density at radius 1 is 1.13 bits per heavy atom. The number of benzene rings is 1. The molecule has 7 N–H and O–H groups in total. The molecule has 1 amide bonds. The van der Waals surface area contributed by atoms with Gasteiger partial charge in [-0.05, 0) is 55.8 Å². The van der Waals surface area contributed by atoms with Crippen LogP contribution >= 0.6 is 0 Å². The molecule has 39 heavy (non-hydrogen) atoms. The predicted molar refractivity (Wildman–Crippen MR) is 150 cm³/mol. The third-order valence-electron chi connectivity index (χ3n) is 7.40. The van der Waals surface area contributed by atoms with Crippen LogP contribution < -0.4 is 21.3 Å². The highest BCUT2D eigenvalue weighted by Gasteiger charge is 2.51. The van der Waals surface area contributed by atoms with Crippen LogP contribution in [0.5, 0.6) is 5.75 Å². The molecule has 3 unspecified atom stereocenters. The molecule has 0 radical (unpaired) electrons. The zero-order valence-electron chi connectivity index (χ0n) is 23.9. The number of anilines is 1. The number of Topliss-reactive ketones (excluding diaryl/α,β-unsaturated/α-hetero) is 2. The second-order valence-corrected chi connectivity index (χ2v) is 12.1. The largest absolute Gasteiger partial charge is 0.511 e. The number of hydrogen-bond donors (Lipinski definition) is 6. The Bertz CT molecular complexity index is 1240. The van der Waals surface area contributed by atoms with Gasteiger partial charge in [-0.1, -0.05) is 20.8 Å². The van der Waals surface area contributed by atoms with Gasteiger partial charge < -0.3 is 36.6 Å². The molecule has 3 atom stereocenters.